The van der Waals surface area contributed by atoms with Gasteiger partial charge >= 0.3 is 0 Å². The third kappa shape index (κ3) is 2.51. The third-order valence-corrected chi connectivity index (χ3v) is 3.25. The van der Waals surface area contributed by atoms with E-state index >= 15 is 0 Å². The van der Waals surface area contributed by atoms with E-state index in [2.05, 4.69) is 0 Å². The van der Waals surface area contributed by atoms with E-state index < -0.39 is 0 Å². The van der Waals surface area contributed by atoms with Gasteiger partial charge in [-0.25, -0.2) is 0 Å². The van der Waals surface area contributed by atoms with Crippen molar-refractivity contribution >= 4 is 5.91 Å². The van der Waals surface area contributed by atoms with Gasteiger partial charge in [0, 0.05) is 12.1 Å². The zero-order chi connectivity index (χ0) is 13.1. The first kappa shape index (κ1) is 11.9. The molecule has 1 unspecified atom stereocenters. The van der Waals surface area contributed by atoms with Gasteiger partial charge < -0.3 is 9.64 Å². The first-order chi connectivity index (χ1) is 9.34. The molecule has 3 nitrogen and oxygen atoms in total. The van der Waals surface area contributed by atoms with E-state index in [0.29, 0.717) is 6.54 Å². The molecule has 2 aromatic rings. The van der Waals surface area contributed by atoms with Crippen molar-refractivity contribution in [2.24, 2.45) is 0 Å². The van der Waals surface area contributed by atoms with Gasteiger partial charge in [0.05, 0.1) is 0 Å². The van der Waals surface area contributed by atoms with Gasteiger partial charge in [-0.05, 0) is 5.56 Å². The quantitative estimate of drug-likeness (QED) is 0.841. The van der Waals surface area contributed by atoms with Gasteiger partial charge in [-0.3, -0.25) is 4.79 Å². The van der Waals surface area contributed by atoms with Crippen LogP contribution in [0.4, 0.5) is 0 Å². The maximum absolute atomic E-state index is 12.0. The van der Waals surface area contributed by atoms with E-state index in [-0.39, 0.29) is 18.7 Å². The fourth-order valence-corrected chi connectivity index (χ4v) is 2.30. The smallest absolute Gasteiger partial charge is 0.251 e. The molecule has 96 valence electrons. The molecule has 0 bridgehead atoms. The Kier molecular flexibility index (Phi) is 3.29. The zero-order valence-corrected chi connectivity index (χ0v) is 10.5. The summed E-state index contributed by atoms with van der Waals surface area (Å²) >= 11 is 0. The average Bonchev–Trinajstić information content (AvgIpc) is 2.82. The van der Waals surface area contributed by atoms with E-state index in [4.69, 9.17) is 4.74 Å². The van der Waals surface area contributed by atoms with E-state index in [1.165, 1.54) is 0 Å². The van der Waals surface area contributed by atoms with Crippen LogP contribution in [-0.4, -0.2) is 17.4 Å². The maximum Gasteiger partial charge on any atom is 0.251 e. The fourth-order valence-electron chi connectivity index (χ4n) is 2.30. The summed E-state index contributed by atoms with van der Waals surface area (Å²) in [5, 5.41) is 0. The largest absolute Gasteiger partial charge is 0.344 e. The summed E-state index contributed by atoms with van der Waals surface area (Å²) in [5.41, 5.74) is 2.13. The minimum absolute atomic E-state index is 0.0395. The van der Waals surface area contributed by atoms with Crippen LogP contribution < -0.4 is 0 Å². The standard InChI is InChI=1S/C16H15NO2/c18-15-12-19-16(14-9-5-2-6-10-14)17(15)11-13-7-3-1-4-8-13/h1-10,16H,11-12H2. The van der Waals surface area contributed by atoms with E-state index in [1.54, 1.807) is 4.90 Å². The Morgan fingerprint density at radius 1 is 1.00 bits per heavy atom. The Morgan fingerprint density at radius 2 is 1.63 bits per heavy atom. The highest BCUT2D eigenvalue weighted by atomic mass is 16.5. The molecule has 1 aliphatic rings. The van der Waals surface area contributed by atoms with E-state index in [0.717, 1.165) is 11.1 Å². The molecule has 0 aromatic heterocycles. The second-order valence-electron chi connectivity index (χ2n) is 4.58. The third-order valence-electron chi connectivity index (χ3n) is 3.25. The predicted octanol–water partition coefficient (Wildman–Crippen LogP) is 2.74. The van der Waals surface area contributed by atoms with Crippen molar-refractivity contribution < 1.29 is 9.53 Å². The van der Waals surface area contributed by atoms with Gasteiger partial charge in [-0.2, -0.15) is 0 Å². The van der Waals surface area contributed by atoms with Gasteiger partial charge in [-0.15, -0.1) is 0 Å². The topological polar surface area (TPSA) is 29.5 Å². The van der Waals surface area contributed by atoms with Crippen LogP contribution in [0.15, 0.2) is 60.7 Å². The summed E-state index contributed by atoms with van der Waals surface area (Å²) in [5.74, 6) is 0.0395. The van der Waals surface area contributed by atoms with Crippen molar-refractivity contribution in [3.05, 3.63) is 71.8 Å². The second-order valence-corrected chi connectivity index (χ2v) is 4.58. The summed E-state index contributed by atoms with van der Waals surface area (Å²) < 4.78 is 5.61. The molecule has 1 heterocycles. The molecule has 0 saturated carbocycles. The fraction of sp³-hybridized carbons (Fsp3) is 0.188. The Hall–Kier alpha value is -2.13. The SMILES string of the molecule is O=C1COC(c2ccccc2)N1Cc1ccccc1. The van der Waals surface area contributed by atoms with Crippen LogP contribution in [-0.2, 0) is 16.1 Å². The number of carbonyl (C=O) groups is 1. The van der Waals surface area contributed by atoms with Crippen molar-refractivity contribution in [3.63, 3.8) is 0 Å². The Morgan fingerprint density at radius 3 is 2.32 bits per heavy atom. The molecule has 2 aromatic carbocycles. The Labute approximate surface area is 112 Å². The van der Waals surface area contributed by atoms with Gasteiger partial charge in [0.25, 0.3) is 5.91 Å². The predicted molar refractivity (Wildman–Crippen MR) is 72.1 cm³/mol. The van der Waals surface area contributed by atoms with Crippen LogP contribution in [0.5, 0.6) is 0 Å². The molecule has 3 heteroatoms. The number of hydrogen-bond acceptors (Lipinski definition) is 2. The molecule has 0 aliphatic carbocycles. The van der Waals surface area contributed by atoms with E-state index in [9.17, 15) is 4.79 Å². The van der Waals surface area contributed by atoms with Crippen LogP contribution in [0.2, 0.25) is 0 Å². The molecule has 19 heavy (non-hydrogen) atoms. The second kappa shape index (κ2) is 5.24. The Bertz CT molecular complexity index is 553. The summed E-state index contributed by atoms with van der Waals surface area (Å²) in [6.45, 7) is 0.742. The first-order valence-corrected chi connectivity index (χ1v) is 6.34. The van der Waals surface area contributed by atoms with Gasteiger partial charge in [0.15, 0.2) is 6.23 Å². The lowest BCUT2D eigenvalue weighted by Crippen LogP contribution is -2.28. The monoisotopic (exact) mass is 253 g/mol. The molecule has 3 rings (SSSR count). The molecular weight excluding hydrogens is 238 g/mol. The highest BCUT2D eigenvalue weighted by Crippen LogP contribution is 2.28. The van der Waals surface area contributed by atoms with Gasteiger partial charge in [0.1, 0.15) is 6.61 Å². The molecule has 1 aliphatic heterocycles. The van der Waals surface area contributed by atoms with Crippen molar-refractivity contribution in [3.8, 4) is 0 Å². The van der Waals surface area contributed by atoms with Crippen LogP contribution in [0.1, 0.15) is 17.4 Å². The number of benzene rings is 2. The number of ether oxygens (including phenoxy) is 1. The molecule has 1 amide bonds. The van der Waals surface area contributed by atoms with Crippen molar-refractivity contribution in [1.29, 1.82) is 0 Å². The summed E-state index contributed by atoms with van der Waals surface area (Å²) in [4.78, 5) is 13.7. The van der Waals surface area contributed by atoms with Gasteiger partial charge in [0.2, 0.25) is 0 Å². The van der Waals surface area contributed by atoms with Crippen molar-refractivity contribution in [2.75, 3.05) is 6.61 Å². The lowest BCUT2D eigenvalue weighted by Gasteiger charge is -2.23. The number of hydrogen-bond donors (Lipinski definition) is 0. The maximum atomic E-state index is 12.0. The molecule has 1 atom stereocenters. The zero-order valence-electron chi connectivity index (χ0n) is 10.5. The number of nitrogens with zero attached hydrogens (tertiary/aromatic N) is 1. The number of carbonyl (C=O) groups excluding carboxylic acids is 1. The van der Waals surface area contributed by atoms with Gasteiger partial charge in [-0.1, -0.05) is 60.7 Å². The normalized spacial score (nSPS) is 18.8. The highest BCUT2D eigenvalue weighted by Gasteiger charge is 2.32. The summed E-state index contributed by atoms with van der Waals surface area (Å²) in [6.07, 6.45) is -0.270. The number of rotatable bonds is 3. The lowest BCUT2D eigenvalue weighted by atomic mass is 10.1. The lowest BCUT2D eigenvalue weighted by molar-refractivity contribution is -0.128. The van der Waals surface area contributed by atoms with Crippen LogP contribution in [0, 0.1) is 0 Å². The molecule has 1 saturated heterocycles. The van der Waals surface area contributed by atoms with E-state index in [1.807, 2.05) is 60.7 Å². The molecule has 1 fully saturated rings. The summed E-state index contributed by atoms with van der Waals surface area (Å²) in [6, 6.07) is 19.8. The van der Waals surface area contributed by atoms with Crippen molar-refractivity contribution in [1.82, 2.24) is 4.90 Å². The van der Waals surface area contributed by atoms with Crippen LogP contribution in [0.25, 0.3) is 0 Å². The molecule has 0 spiro atoms. The molecular formula is C16H15NO2. The average molecular weight is 253 g/mol. The molecule has 0 radical (unpaired) electrons. The minimum Gasteiger partial charge on any atom is -0.344 e. The Balaban J connectivity index is 1.83. The summed E-state index contributed by atoms with van der Waals surface area (Å²) in [7, 11) is 0. The first-order valence-electron chi connectivity index (χ1n) is 6.34. The molecule has 0 N–H and O–H groups in total. The van der Waals surface area contributed by atoms with Crippen molar-refractivity contribution in [2.45, 2.75) is 12.8 Å². The number of amides is 1. The van der Waals surface area contributed by atoms with Crippen LogP contribution >= 0.6 is 0 Å². The highest BCUT2D eigenvalue weighted by molar-refractivity contribution is 5.79. The van der Waals surface area contributed by atoms with Crippen LogP contribution in [0.3, 0.4) is 0 Å². The minimum atomic E-state index is -0.270.